The average molecular weight is 297 g/mol. The van der Waals surface area contributed by atoms with E-state index in [4.69, 9.17) is 23.2 Å². The van der Waals surface area contributed by atoms with E-state index >= 15 is 0 Å². The summed E-state index contributed by atoms with van der Waals surface area (Å²) in [5, 5.41) is 3.50. The van der Waals surface area contributed by atoms with Gasteiger partial charge in [0.05, 0.1) is 5.02 Å². The summed E-state index contributed by atoms with van der Waals surface area (Å²) < 4.78 is 26.2. The first-order valence-electron chi connectivity index (χ1n) is 5.13. The van der Waals surface area contributed by atoms with E-state index in [9.17, 15) is 8.42 Å². The van der Waals surface area contributed by atoms with Gasteiger partial charge in [0.15, 0.2) is 0 Å². The van der Waals surface area contributed by atoms with Gasteiger partial charge in [-0.2, -0.15) is 0 Å². The number of likely N-dealkylation sites (N-methyl/N-ethyl adjacent to an activating group) is 1. The van der Waals surface area contributed by atoms with Crippen LogP contribution in [-0.2, 0) is 10.0 Å². The summed E-state index contributed by atoms with van der Waals surface area (Å²) in [6, 6.07) is 4.34. The molecule has 17 heavy (non-hydrogen) atoms. The van der Waals surface area contributed by atoms with Crippen LogP contribution in [0.15, 0.2) is 23.1 Å². The van der Waals surface area contributed by atoms with Gasteiger partial charge in [0, 0.05) is 18.1 Å². The number of rotatable bonds is 6. The van der Waals surface area contributed by atoms with Crippen LogP contribution in [0.2, 0.25) is 10.0 Å². The third-order valence-electron chi connectivity index (χ3n) is 2.03. The van der Waals surface area contributed by atoms with Crippen LogP contribution in [-0.4, -0.2) is 28.1 Å². The van der Waals surface area contributed by atoms with Crippen LogP contribution in [0.5, 0.6) is 0 Å². The zero-order chi connectivity index (χ0) is 12.9. The standard InChI is InChI=1S/C10H14Cl2N2O2S/c1-2-13-5-6-14-17(15,16)10-7-8(11)3-4-9(10)12/h3-4,7,13-14H,2,5-6H2,1H3. The van der Waals surface area contributed by atoms with Gasteiger partial charge in [-0.05, 0) is 24.7 Å². The lowest BCUT2D eigenvalue weighted by molar-refractivity contribution is 0.577. The Morgan fingerprint density at radius 3 is 2.59 bits per heavy atom. The van der Waals surface area contributed by atoms with Crippen LogP contribution < -0.4 is 10.0 Å². The largest absolute Gasteiger partial charge is 0.316 e. The lowest BCUT2D eigenvalue weighted by Crippen LogP contribution is -2.31. The summed E-state index contributed by atoms with van der Waals surface area (Å²) in [7, 11) is -3.60. The summed E-state index contributed by atoms with van der Waals surface area (Å²) in [6.45, 7) is 3.61. The van der Waals surface area contributed by atoms with Crippen LogP contribution in [0.25, 0.3) is 0 Å². The molecule has 0 atom stereocenters. The molecule has 0 aliphatic rings. The van der Waals surface area contributed by atoms with Gasteiger partial charge in [-0.1, -0.05) is 30.1 Å². The Balaban J connectivity index is 2.79. The van der Waals surface area contributed by atoms with Crippen molar-refractivity contribution in [3.05, 3.63) is 28.2 Å². The minimum absolute atomic E-state index is 0.00293. The maximum absolute atomic E-state index is 11.9. The van der Waals surface area contributed by atoms with Crippen LogP contribution in [0.3, 0.4) is 0 Å². The molecule has 0 aliphatic carbocycles. The van der Waals surface area contributed by atoms with Crippen LogP contribution in [0, 0.1) is 0 Å². The number of hydrogen-bond acceptors (Lipinski definition) is 3. The number of nitrogens with one attached hydrogen (secondary N) is 2. The van der Waals surface area contributed by atoms with E-state index in [2.05, 4.69) is 10.0 Å². The highest BCUT2D eigenvalue weighted by atomic mass is 35.5. The fourth-order valence-corrected chi connectivity index (χ4v) is 3.00. The normalized spacial score (nSPS) is 11.7. The molecule has 7 heteroatoms. The number of benzene rings is 1. The molecule has 0 bridgehead atoms. The first-order valence-corrected chi connectivity index (χ1v) is 7.36. The monoisotopic (exact) mass is 296 g/mol. The lowest BCUT2D eigenvalue weighted by atomic mass is 10.4. The molecule has 2 N–H and O–H groups in total. The Morgan fingerprint density at radius 2 is 1.94 bits per heavy atom. The first-order chi connectivity index (χ1) is 7.97. The fourth-order valence-electron chi connectivity index (χ4n) is 1.21. The van der Waals surface area contributed by atoms with Gasteiger partial charge in [-0.15, -0.1) is 0 Å². The molecule has 1 rings (SSSR count). The Morgan fingerprint density at radius 1 is 1.24 bits per heavy atom. The Labute approximate surface area is 111 Å². The summed E-state index contributed by atoms with van der Waals surface area (Å²) in [5.41, 5.74) is 0. The van der Waals surface area contributed by atoms with Crippen molar-refractivity contribution in [3.63, 3.8) is 0 Å². The zero-order valence-corrected chi connectivity index (χ0v) is 11.7. The molecule has 0 unspecified atom stereocenters. The fraction of sp³-hybridized carbons (Fsp3) is 0.400. The maximum Gasteiger partial charge on any atom is 0.242 e. The minimum Gasteiger partial charge on any atom is -0.316 e. The second-order valence-corrected chi connectivity index (χ2v) is 5.91. The molecule has 0 aliphatic heterocycles. The SMILES string of the molecule is CCNCCNS(=O)(=O)c1cc(Cl)ccc1Cl. The maximum atomic E-state index is 11.9. The predicted molar refractivity (Wildman–Crippen MR) is 70.2 cm³/mol. The van der Waals surface area contributed by atoms with Crippen molar-refractivity contribution in [2.45, 2.75) is 11.8 Å². The van der Waals surface area contributed by atoms with Gasteiger partial charge >= 0.3 is 0 Å². The quantitative estimate of drug-likeness (QED) is 0.788. The summed E-state index contributed by atoms with van der Waals surface area (Å²) in [6.07, 6.45) is 0. The molecule has 4 nitrogen and oxygen atoms in total. The summed E-state index contributed by atoms with van der Waals surface area (Å²) in [5.74, 6) is 0. The number of sulfonamides is 1. The number of halogens is 2. The molecule has 0 fully saturated rings. The Hall–Kier alpha value is -0.330. The smallest absolute Gasteiger partial charge is 0.242 e. The molecule has 0 saturated carbocycles. The van der Waals surface area contributed by atoms with E-state index in [-0.39, 0.29) is 9.92 Å². The van der Waals surface area contributed by atoms with Crippen molar-refractivity contribution in [1.29, 1.82) is 0 Å². The first kappa shape index (κ1) is 14.7. The van der Waals surface area contributed by atoms with Crippen molar-refractivity contribution in [1.82, 2.24) is 10.0 Å². The highest BCUT2D eigenvalue weighted by molar-refractivity contribution is 7.89. The highest BCUT2D eigenvalue weighted by Crippen LogP contribution is 2.24. The van der Waals surface area contributed by atoms with E-state index in [1.165, 1.54) is 12.1 Å². The summed E-state index contributed by atoms with van der Waals surface area (Å²) >= 11 is 11.6. The molecule has 0 heterocycles. The number of hydrogen-bond donors (Lipinski definition) is 2. The third-order valence-corrected chi connectivity index (χ3v) is 4.20. The van der Waals surface area contributed by atoms with Crippen molar-refractivity contribution < 1.29 is 8.42 Å². The van der Waals surface area contributed by atoms with E-state index in [1.54, 1.807) is 6.07 Å². The Kier molecular flexibility index (Phi) is 5.69. The Bertz CT molecular complexity index is 477. The van der Waals surface area contributed by atoms with Gasteiger partial charge in [-0.3, -0.25) is 0 Å². The van der Waals surface area contributed by atoms with Crippen molar-refractivity contribution in [2.75, 3.05) is 19.6 Å². The van der Waals surface area contributed by atoms with Gasteiger partial charge in [0.25, 0.3) is 0 Å². The molecule has 0 amide bonds. The molecule has 1 aromatic carbocycles. The molecule has 1 aromatic rings. The van der Waals surface area contributed by atoms with Crippen LogP contribution in [0.4, 0.5) is 0 Å². The van der Waals surface area contributed by atoms with Crippen molar-refractivity contribution in [3.8, 4) is 0 Å². The van der Waals surface area contributed by atoms with Crippen LogP contribution in [0.1, 0.15) is 6.92 Å². The van der Waals surface area contributed by atoms with Gasteiger partial charge in [0.1, 0.15) is 4.90 Å². The zero-order valence-electron chi connectivity index (χ0n) is 9.33. The van der Waals surface area contributed by atoms with Gasteiger partial charge in [0.2, 0.25) is 10.0 Å². The van der Waals surface area contributed by atoms with E-state index in [0.29, 0.717) is 18.1 Å². The minimum atomic E-state index is -3.60. The molecule has 96 valence electrons. The topological polar surface area (TPSA) is 58.2 Å². The van der Waals surface area contributed by atoms with Crippen molar-refractivity contribution >= 4 is 33.2 Å². The lowest BCUT2D eigenvalue weighted by Gasteiger charge is -2.08. The molecule has 0 saturated heterocycles. The van der Waals surface area contributed by atoms with E-state index < -0.39 is 10.0 Å². The van der Waals surface area contributed by atoms with Gasteiger partial charge < -0.3 is 5.32 Å². The molecule has 0 aromatic heterocycles. The van der Waals surface area contributed by atoms with Gasteiger partial charge in [-0.25, -0.2) is 13.1 Å². The molecular formula is C10H14Cl2N2O2S. The van der Waals surface area contributed by atoms with E-state index in [1.807, 2.05) is 6.92 Å². The predicted octanol–water partition coefficient (Wildman–Crippen LogP) is 1.88. The van der Waals surface area contributed by atoms with E-state index in [0.717, 1.165) is 6.54 Å². The average Bonchev–Trinajstić information content (AvgIpc) is 2.28. The second-order valence-electron chi connectivity index (χ2n) is 3.33. The molecular weight excluding hydrogens is 283 g/mol. The van der Waals surface area contributed by atoms with Crippen LogP contribution >= 0.6 is 23.2 Å². The van der Waals surface area contributed by atoms with Crippen molar-refractivity contribution in [2.24, 2.45) is 0 Å². The third kappa shape index (κ3) is 4.44. The highest BCUT2D eigenvalue weighted by Gasteiger charge is 2.17. The second kappa shape index (κ2) is 6.56. The summed E-state index contributed by atoms with van der Waals surface area (Å²) in [4.78, 5) is 0.00293. The molecule has 0 spiro atoms. The molecule has 0 radical (unpaired) electrons.